The number of phenolic OH excluding ortho intramolecular Hbond substituents is 1. The number of carbonyl (C=O) groups excluding carboxylic acids is 2. The van der Waals surface area contributed by atoms with Gasteiger partial charge in [-0.2, -0.15) is 5.10 Å². The molecule has 0 fully saturated rings. The van der Waals surface area contributed by atoms with E-state index in [4.69, 9.17) is 4.74 Å². The molecule has 158 valence electrons. The van der Waals surface area contributed by atoms with Crippen molar-refractivity contribution in [1.82, 2.24) is 5.43 Å². The Bertz CT molecular complexity index is 1330. The minimum absolute atomic E-state index is 0.105. The molecule has 0 saturated carbocycles. The van der Waals surface area contributed by atoms with Crippen molar-refractivity contribution < 1.29 is 19.4 Å². The predicted molar refractivity (Wildman–Crippen MR) is 123 cm³/mol. The van der Waals surface area contributed by atoms with Crippen LogP contribution in [0, 0.1) is 6.92 Å². The van der Waals surface area contributed by atoms with Crippen molar-refractivity contribution in [2.75, 3.05) is 0 Å². The Labute approximate surface area is 184 Å². The molecule has 4 aromatic carbocycles. The van der Waals surface area contributed by atoms with Crippen molar-refractivity contribution in [1.29, 1.82) is 0 Å². The number of nitrogens with one attached hydrogen (secondary N) is 1. The SMILES string of the molecule is Cc1ccc(C(=O)Oc2ccc3ccccc3c2/C=N\NC(=O)c2ccccc2O)cc1. The van der Waals surface area contributed by atoms with Crippen molar-refractivity contribution in [3.05, 3.63) is 107 Å². The molecule has 32 heavy (non-hydrogen) atoms. The van der Waals surface area contributed by atoms with E-state index in [9.17, 15) is 14.7 Å². The van der Waals surface area contributed by atoms with Gasteiger partial charge in [0.1, 0.15) is 11.5 Å². The number of hydrogen-bond acceptors (Lipinski definition) is 5. The zero-order valence-corrected chi connectivity index (χ0v) is 17.3. The monoisotopic (exact) mass is 424 g/mol. The summed E-state index contributed by atoms with van der Waals surface area (Å²) in [5.74, 6) is -0.876. The van der Waals surface area contributed by atoms with Crippen LogP contribution in [0.5, 0.6) is 11.5 Å². The van der Waals surface area contributed by atoms with Crippen LogP contribution in [-0.4, -0.2) is 23.2 Å². The molecular weight excluding hydrogens is 404 g/mol. The lowest BCUT2D eigenvalue weighted by Gasteiger charge is -2.11. The average molecular weight is 424 g/mol. The average Bonchev–Trinajstić information content (AvgIpc) is 2.80. The molecule has 0 unspecified atom stereocenters. The fourth-order valence-electron chi connectivity index (χ4n) is 3.23. The van der Waals surface area contributed by atoms with Gasteiger partial charge in [-0.25, -0.2) is 10.2 Å². The highest BCUT2D eigenvalue weighted by molar-refractivity contribution is 6.04. The maximum Gasteiger partial charge on any atom is 0.343 e. The molecule has 6 nitrogen and oxygen atoms in total. The second-order valence-electron chi connectivity index (χ2n) is 7.17. The van der Waals surface area contributed by atoms with Crippen LogP contribution < -0.4 is 10.2 Å². The highest BCUT2D eigenvalue weighted by Crippen LogP contribution is 2.27. The lowest BCUT2D eigenvalue weighted by atomic mass is 10.0. The molecule has 4 rings (SSSR count). The van der Waals surface area contributed by atoms with Gasteiger partial charge in [0, 0.05) is 5.56 Å². The summed E-state index contributed by atoms with van der Waals surface area (Å²) < 4.78 is 5.66. The minimum atomic E-state index is -0.558. The quantitative estimate of drug-likeness (QED) is 0.208. The van der Waals surface area contributed by atoms with Crippen LogP contribution in [0.4, 0.5) is 0 Å². The van der Waals surface area contributed by atoms with E-state index in [2.05, 4.69) is 10.5 Å². The Balaban J connectivity index is 1.63. The molecule has 0 aliphatic carbocycles. The van der Waals surface area contributed by atoms with Crippen LogP contribution in [0.25, 0.3) is 10.8 Å². The first kappa shape index (κ1) is 20.8. The minimum Gasteiger partial charge on any atom is -0.507 e. The van der Waals surface area contributed by atoms with Crippen molar-refractivity contribution in [3.8, 4) is 11.5 Å². The van der Waals surface area contributed by atoms with Crippen LogP contribution in [0.15, 0.2) is 90.0 Å². The molecular formula is C26H20N2O4. The summed E-state index contributed by atoms with van der Waals surface area (Å²) >= 11 is 0. The molecule has 1 amide bonds. The zero-order valence-electron chi connectivity index (χ0n) is 17.3. The summed E-state index contributed by atoms with van der Waals surface area (Å²) in [5, 5.41) is 15.6. The summed E-state index contributed by atoms with van der Waals surface area (Å²) in [6.07, 6.45) is 1.43. The van der Waals surface area contributed by atoms with E-state index in [1.54, 1.807) is 30.3 Å². The zero-order chi connectivity index (χ0) is 22.5. The second-order valence-corrected chi connectivity index (χ2v) is 7.17. The van der Waals surface area contributed by atoms with Gasteiger partial charge in [0.15, 0.2) is 0 Å². The van der Waals surface area contributed by atoms with Gasteiger partial charge in [0.05, 0.1) is 17.3 Å². The van der Waals surface area contributed by atoms with Crippen molar-refractivity contribution >= 4 is 28.9 Å². The van der Waals surface area contributed by atoms with Gasteiger partial charge in [-0.15, -0.1) is 0 Å². The van der Waals surface area contributed by atoms with Crippen LogP contribution >= 0.6 is 0 Å². The van der Waals surface area contributed by atoms with Gasteiger partial charge in [0.25, 0.3) is 5.91 Å². The molecule has 0 spiro atoms. The maximum absolute atomic E-state index is 12.7. The molecule has 2 N–H and O–H groups in total. The third-order valence-corrected chi connectivity index (χ3v) is 4.93. The van der Waals surface area contributed by atoms with E-state index in [-0.39, 0.29) is 11.3 Å². The van der Waals surface area contributed by atoms with E-state index in [0.29, 0.717) is 16.9 Å². The van der Waals surface area contributed by atoms with Gasteiger partial charge in [-0.3, -0.25) is 4.79 Å². The van der Waals surface area contributed by atoms with Crippen LogP contribution in [0.3, 0.4) is 0 Å². The summed E-state index contributed by atoms with van der Waals surface area (Å²) in [6, 6.07) is 24.4. The summed E-state index contributed by atoms with van der Waals surface area (Å²) in [4.78, 5) is 25.0. The van der Waals surface area contributed by atoms with Crippen LogP contribution in [0.1, 0.15) is 31.8 Å². The fraction of sp³-hybridized carbons (Fsp3) is 0.0385. The normalized spacial score (nSPS) is 10.9. The van der Waals surface area contributed by atoms with Gasteiger partial charge in [-0.1, -0.05) is 60.2 Å². The predicted octanol–water partition coefficient (Wildman–Crippen LogP) is 4.84. The Hall–Kier alpha value is -4.45. The lowest BCUT2D eigenvalue weighted by Crippen LogP contribution is -2.18. The Morgan fingerprint density at radius 3 is 2.41 bits per heavy atom. The number of para-hydroxylation sites is 1. The van der Waals surface area contributed by atoms with Crippen LogP contribution in [0.2, 0.25) is 0 Å². The number of ether oxygens (including phenoxy) is 1. The second kappa shape index (κ2) is 9.14. The van der Waals surface area contributed by atoms with E-state index in [0.717, 1.165) is 16.3 Å². The number of carbonyl (C=O) groups is 2. The summed E-state index contributed by atoms with van der Waals surface area (Å²) in [6.45, 7) is 1.94. The molecule has 0 aromatic heterocycles. The third kappa shape index (κ3) is 4.49. The maximum atomic E-state index is 12.7. The number of benzene rings is 4. The number of esters is 1. The van der Waals surface area contributed by atoms with Gasteiger partial charge < -0.3 is 9.84 Å². The molecule has 0 aliphatic rings. The largest absolute Gasteiger partial charge is 0.507 e. The number of rotatable bonds is 5. The highest BCUT2D eigenvalue weighted by Gasteiger charge is 2.14. The Morgan fingerprint density at radius 1 is 0.906 bits per heavy atom. The lowest BCUT2D eigenvalue weighted by molar-refractivity contribution is 0.0734. The number of aryl methyl sites for hydroxylation is 1. The molecule has 6 heteroatoms. The first-order valence-electron chi connectivity index (χ1n) is 9.95. The first-order chi connectivity index (χ1) is 15.5. The van der Waals surface area contributed by atoms with E-state index in [1.165, 1.54) is 18.3 Å². The Kier molecular flexibility index (Phi) is 5.94. The summed E-state index contributed by atoms with van der Waals surface area (Å²) in [5.41, 5.74) is 4.52. The fourth-order valence-corrected chi connectivity index (χ4v) is 3.23. The van der Waals surface area contributed by atoms with Crippen molar-refractivity contribution in [2.24, 2.45) is 5.10 Å². The van der Waals surface area contributed by atoms with Crippen molar-refractivity contribution in [2.45, 2.75) is 6.92 Å². The van der Waals surface area contributed by atoms with E-state index in [1.807, 2.05) is 49.4 Å². The Morgan fingerprint density at radius 2 is 1.62 bits per heavy atom. The molecule has 4 aromatic rings. The van der Waals surface area contributed by atoms with E-state index >= 15 is 0 Å². The van der Waals surface area contributed by atoms with E-state index < -0.39 is 11.9 Å². The number of aromatic hydroxyl groups is 1. The third-order valence-electron chi connectivity index (χ3n) is 4.93. The standard InChI is InChI=1S/C26H20N2O4/c1-17-10-12-19(13-11-17)26(31)32-24-15-14-18-6-2-3-7-20(18)22(24)16-27-28-25(30)21-8-4-5-9-23(21)29/h2-16,29H,1H3,(H,28,30)/b27-16-. The van der Waals surface area contributed by atoms with Crippen molar-refractivity contribution in [3.63, 3.8) is 0 Å². The molecule has 0 atom stereocenters. The number of hydrogen-bond donors (Lipinski definition) is 2. The van der Waals surface area contributed by atoms with Gasteiger partial charge in [0.2, 0.25) is 0 Å². The number of amides is 1. The number of hydrazone groups is 1. The molecule has 0 radical (unpaired) electrons. The molecule has 0 heterocycles. The van der Waals surface area contributed by atoms with Gasteiger partial charge in [-0.05, 0) is 48.0 Å². The molecule has 0 saturated heterocycles. The van der Waals surface area contributed by atoms with Gasteiger partial charge >= 0.3 is 5.97 Å². The topological polar surface area (TPSA) is 88.0 Å². The molecule has 0 bridgehead atoms. The number of fused-ring (bicyclic) bond motifs is 1. The first-order valence-corrected chi connectivity index (χ1v) is 9.95. The molecule has 0 aliphatic heterocycles. The summed E-state index contributed by atoms with van der Waals surface area (Å²) in [7, 11) is 0. The highest BCUT2D eigenvalue weighted by atomic mass is 16.5. The number of nitrogens with zero attached hydrogens (tertiary/aromatic N) is 1. The number of phenols is 1. The smallest absolute Gasteiger partial charge is 0.343 e. The van der Waals surface area contributed by atoms with Crippen LogP contribution in [-0.2, 0) is 0 Å².